The first-order valence-electron chi connectivity index (χ1n) is 7.35. The fourth-order valence-electron chi connectivity index (χ4n) is 2.54. The molecule has 0 unspecified atom stereocenters. The van der Waals surface area contributed by atoms with Crippen molar-refractivity contribution in [3.63, 3.8) is 0 Å². The highest BCUT2D eigenvalue weighted by Gasteiger charge is 2.21. The van der Waals surface area contributed by atoms with Gasteiger partial charge < -0.3 is 15.3 Å². The Morgan fingerprint density at radius 3 is 2.53 bits per heavy atom. The minimum Gasteiger partial charge on any atom is -0.395 e. The zero-order chi connectivity index (χ0) is 14.1. The number of rotatable bonds is 7. The normalized spacial score (nSPS) is 16.1. The molecule has 2 amide bonds. The third kappa shape index (κ3) is 5.59. The molecule has 0 aromatic heterocycles. The second-order valence-electron chi connectivity index (χ2n) is 5.07. The fraction of sp³-hybridized carbons (Fsp3) is 0.857. The van der Waals surface area contributed by atoms with E-state index in [4.69, 9.17) is 5.11 Å². The first kappa shape index (κ1) is 16.0. The summed E-state index contributed by atoms with van der Waals surface area (Å²) in [7, 11) is 0. The molecule has 1 fully saturated rings. The standard InChI is InChI=1S/C14H26N2O3/c1-2-16(10-11-17)13(18)8-9-15-14(19)12-6-4-3-5-7-12/h12,17H,2-11H2,1H3,(H,15,19). The average Bonchev–Trinajstić information content (AvgIpc) is 2.45. The van der Waals surface area contributed by atoms with Gasteiger partial charge in [-0.3, -0.25) is 9.59 Å². The zero-order valence-corrected chi connectivity index (χ0v) is 11.9. The molecule has 0 bridgehead atoms. The number of aliphatic hydroxyl groups excluding tert-OH is 1. The molecule has 2 N–H and O–H groups in total. The van der Waals surface area contributed by atoms with Crippen molar-refractivity contribution in [2.24, 2.45) is 5.92 Å². The van der Waals surface area contributed by atoms with E-state index in [2.05, 4.69) is 5.32 Å². The first-order valence-corrected chi connectivity index (χ1v) is 7.35. The summed E-state index contributed by atoms with van der Waals surface area (Å²) in [4.78, 5) is 25.3. The van der Waals surface area contributed by atoms with E-state index in [1.165, 1.54) is 6.42 Å². The molecule has 0 atom stereocenters. The maximum Gasteiger partial charge on any atom is 0.224 e. The lowest BCUT2D eigenvalue weighted by atomic mass is 9.89. The van der Waals surface area contributed by atoms with Crippen LogP contribution in [0.2, 0.25) is 0 Å². The Balaban J connectivity index is 2.21. The van der Waals surface area contributed by atoms with Gasteiger partial charge in [-0.15, -0.1) is 0 Å². The molecule has 1 rings (SSSR count). The molecule has 5 nitrogen and oxygen atoms in total. The largest absolute Gasteiger partial charge is 0.395 e. The number of hydrogen-bond acceptors (Lipinski definition) is 3. The van der Waals surface area contributed by atoms with Crippen LogP contribution in [-0.4, -0.2) is 48.1 Å². The molecule has 19 heavy (non-hydrogen) atoms. The molecule has 0 heterocycles. The molecule has 0 saturated heterocycles. The van der Waals surface area contributed by atoms with Gasteiger partial charge in [0.1, 0.15) is 0 Å². The molecule has 1 aliphatic carbocycles. The van der Waals surface area contributed by atoms with Crippen LogP contribution in [0.25, 0.3) is 0 Å². The van der Waals surface area contributed by atoms with Crippen LogP contribution in [0.1, 0.15) is 45.4 Å². The number of aliphatic hydroxyl groups is 1. The topological polar surface area (TPSA) is 69.6 Å². The third-order valence-corrected chi connectivity index (χ3v) is 3.72. The highest BCUT2D eigenvalue weighted by Crippen LogP contribution is 2.23. The Kier molecular flexibility index (Phi) is 7.48. The SMILES string of the molecule is CCN(CCO)C(=O)CCNC(=O)C1CCCCC1. The molecule has 0 spiro atoms. The van der Waals surface area contributed by atoms with Gasteiger partial charge in [-0.05, 0) is 19.8 Å². The summed E-state index contributed by atoms with van der Waals surface area (Å²) in [5, 5.41) is 11.7. The third-order valence-electron chi connectivity index (χ3n) is 3.72. The zero-order valence-electron chi connectivity index (χ0n) is 11.9. The van der Waals surface area contributed by atoms with Gasteiger partial charge in [-0.25, -0.2) is 0 Å². The van der Waals surface area contributed by atoms with Gasteiger partial charge in [0.15, 0.2) is 0 Å². The second-order valence-corrected chi connectivity index (χ2v) is 5.07. The van der Waals surface area contributed by atoms with Crippen molar-refractivity contribution in [1.82, 2.24) is 10.2 Å². The van der Waals surface area contributed by atoms with Crippen LogP contribution in [0.5, 0.6) is 0 Å². The van der Waals surface area contributed by atoms with Crippen molar-refractivity contribution in [2.45, 2.75) is 45.4 Å². The van der Waals surface area contributed by atoms with Gasteiger partial charge in [0, 0.05) is 32.0 Å². The number of nitrogens with one attached hydrogen (secondary N) is 1. The lowest BCUT2D eigenvalue weighted by molar-refractivity contribution is -0.131. The van der Waals surface area contributed by atoms with E-state index in [1.807, 2.05) is 6.92 Å². The van der Waals surface area contributed by atoms with Crippen LogP contribution in [0.3, 0.4) is 0 Å². The monoisotopic (exact) mass is 270 g/mol. The Morgan fingerprint density at radius 1 is 1.26 bits per heavy atom. The van der Waals surface area contributed by atoms with E-state index in [0.29, 0.717) is 26.1 Å². The van der Waals surface area contributed by atoms with Gasteiger partial charge >= 0.3 is 0 Å². The first-order chi connectivity index (χ1) is 9.19. The maximum atomic E-state index is 11.9. The minimum atomic E-state index is -0.0198. The lowest BCUT2D eigenvalue weighted by Crippen LogP contribution is -2.38. The molecule has 0 aromatic carbocycles. The van der Waals surface area contributed by atoms with E-state index >= 15 is 0 Å². The van der Waals surface area contributed by atoms with Gasteiger partial charge in [0.2, 0.25) is 11.8 Å². The summed E-state index contributed by atoms with van der Waals surface area (Å²) < 4.78 is 0. The minimum absolute atomic E-state index is 0.0134. The van der Waals surface area contributed by atoms with Crippen LogP contribution in [-0.2, 0) is 9.59 Å². The number of likely N-dealkylation sites (N-methyl/N-ethyl adjacent to an activating group) is 1. The molecule has 0 radical (unpaired) electrons. The van der Waals surface area contributed by atoms with Crippen LogP contribution in [0.4, 0.5) is 0 Å². The van der Waals surface area contributed by atoms with Crippen LogP contribution < -0.4 is 5.32 Å². The average molecular weight is 270 g/mol. The second kappa shape index (κ2) is 8.91. The van der Waals surface area contributed by atoms with Crippen LogP contribution in [0, 0.1) is 5.92 Å². The summed E-state index contributed by atoms with van der Waals surface area (Å²) in [5.41, 5.74) is 0. The summed E-state index contributed by atoms with van der Waals surface area (Å²) in [6, 6.07) is 0. The molecule has 0 aromatic rings. The van der Waals surface area contributed by atoms with Crippen molar-refractivity contribution in [2.75, 3.05) is 26.2 Å². The van der Waals surface area contributed by atoms with E-state index in [0.717, 1.165) is 25.7 Å². The molecular formula is C14H26N2O3. The van der Waals surface area contributed by atoms with E-state index in [9.17, 15) is 9.59 Å². The summed E-state index contributed by atoms with van der Waals surface area (Å²) in [6.45, 7) is 3.22. The number of amides is 2. The molecule has 110 valence electrons. The quantitative estimate of drug-likeness (QED) is 0.722. The van der Waals surface area contributed by atoms with Crippen molar-refractivity contribution in [1.29, 1.82) is 0 Å². The maximum absolute atomic E-state index is 11.9. The Labute approximate surface area is 115 Å². The Bertz CT molecular complexity index is 272. The predicted molar refractivity (Wildman–Crippen MR) is 73.5 cm³/mol. The highest BCUT2D eigenvalue weighted by molar-refractivity contribution is 5.80. The highest BCUT2D eigenvalue weighted by atomic mass is 16.3. The Morgan fingerprint density at radius 2 is 1.95 bits per heavy atom. The van der Waals surface area contributed by atoms with Gasteiger partial charge in [0.25, 0.3) is 0 Å². The molecular weight excluding hydrogens is 244 g/mol. The van der Waals surface area contributed by atoms with Gasteiger partial charge in [0.05, 0.1) is 6.61 Å². The fourth-order valence-corrected chi connectivity index (χ4v) is 2.54. The smallest absolute Gasteiger partial charge is 0.224 e. The number of hydrogen-bond donors (Lipinski definition) is 2. The van der Waals surface area contributed by atoms with E-state index < -0.39 is 0 Å². The molecule has 5 heteroatoms. The number of carbonyl (C=O) groups excluding carboxylic acids is 2. The van der Waals surface area contributed by atoms with Crippen molar-refractivity contribution in [3.05, 3.63) is 0 Å². The Hall–Kier alpha value is -1.10. The van der Waals surface area contributed by atoms with Crippen LogP contribution in [0.15, 0.2) is 0 Å². The van der Waals surface area contributed by atoms with Crippen molar-refractivity contribution >= 4 is 11.8 Å². The van der Waals surface area contributed by atoms with E-state index in [-0.39, 0.29) is 24.3 Å². The summed E-state index contributed by atoms with van der Waals surface area (Å²) in [6.07, 6.45) is 5.77. The predicted octanol–water partition coefficient (Wildman–Crippen LogP) is 0.914. The van der Waals surface area contributed by atoms with Gasteiger partial charge in [-0.2, -0.15) is 0 Å². The summed E-state index contributed by atoms with van der Waals surface area (Å²) in [5.74, 6) is 0.224. The van der Waals surface area contributed by atoms with Crippen LogP contribution >= 0.6 is 0 Å². The molecule has 1 aliphatic rings. The molecule has 0 aliphatic heterocycles. The number of carbonyl (C=O) groups is 2. The molecule has 1 saturated carbocycles. The van der Waals surface area contributed by atoms with Crippen molar-refractivity contribution < 1.29 is 14.7 Å². The lowest BCUT2D eigenvalue weighted by Gasteiger charge is -2.22. The summed E-state index contributed by atoms with van der Waals surface area (Å²) >= 11 is 0. The number of nitrogens with zero attached hydrogens (tertiary/aromatic N) is 1. The van der Waals surface area contributed by atoms with E-state index in [1.54, 1.807) is 4.90 Å². The van der Waals surface area contributed by atoms with Crippen molar-refractivity contribution in [3.8, 4) is 0 Å². The van der Waals surface area contributed by atoms with Gasteiger partial charge in [-0.1, -0.05) is 19.3 Å².